The normalized spacial score (nSPS) is 11.2. The van der Waals surface area contributed by atoms with Gasteiger partial charge in [0.2, 0.25) is 0 Å². The van der Waals surface area contributed by atoms with Gasteiger partial charge >= 0.3 is 0 Å². The van der Waals surface area contributed by atoms with Crippen molar-refractivity contribution < 1.29 is 9.47 Å². The third kappa shape index (κ3) is 2.43. The van der Waals surface area contributed by atoms with Crippen LogP contribution in [0.15, 0.2) is 18.3 Å². The zero-order chi connectivity index (χ0) is 13.1. The monoisotopic (exact) mass is 248 g/mol. The first-order valence-electron chi connectivity index (χ1n) is 6.02. The average Bonchev–Trinajstić information content (AvgIpc) is 2.78. The second-order valence-corrected chi connectivity index (χ2v) is 4.62. The van der Waals surface area contributed by atoms with Crippen LogP contribution in [0, 0.1) is 0 Å². The highest BCUT2D eigenvalue weighted by Gasteiger charge is 2.11. The molecule has 0 aliphatic rings. The van der Waals surface area contributed by atoms with Crippen LogP contribution in [0.5, 0.6) is 11.5 Å². The molecule has 4 nitrogen and oxygen atoms in total. The quantitative estimate of drug-likeness (QED) is 0.882. The van der Waals surface area contributed by atoms with E-state index in [2.05, 4.69) is 30.2 Å². The number of hydrogen-bond donors (Lipinski definition) is 1. The summed E-state index contributed by atoms with van der Waals surface area (Å²) < 4.78 is 10.7. The number of ether oxygens (including phenoxy) is 2. The van der Waals surface area contributed by atoms with Crippen LogP contribution in [0.25, 0.3) is 10.9 Å². The zero-order valence-corrected chi connectivity index (χ0v) is 11.4. The van der Waals surface area contributed by atoms with Gasteiger partial charge in [0.25, 0.3) is 0 Å². The van der Waals surface area contributed by atoms with Crippen molar-refractivity contribution in [2.45, 2.75) is 6.42 Å². The van der Waals surface area contributed by atoms with Gasteiger partial charge in [0.15, 0.2) is 0 Å². The molecule has 2 aromatic rings. The molecule has 1 N–H and O–H groups in total. The van der Waals surface area contributed by atoms with E-state index in [-0.39, 0.29) is 0 Å². The smallest absolute Gasteiger partial charge is 0.132 e. The first-order chi connectivity index (χ1) is 8.65. The molecule has 98 valence electrons. The highest BCUT2D eigenvalue weighted by atomic mass is 16.5. The molecule has 2 rings (SSSR count). The van der Waals surface area contributed by atoms with Crippen LogP contribution in [0.3, 0.4) is 0 Å². The predicted octanol–water partition coefficient (Wildman–Crippen LogP) is 2.29. The highest BCUT2D eigenvalue weighted by molar-refractivity contribution is 5.90. The lowest BCUT2D eigenvalue weighted by molar-refractivity contribution is 0.397. The molecule has 0 unspecified atom stereocenters. The Kier molecular flexibility index (Phi) is 3.77. The van der Waals surface area contributed by atoms with Crippen molar-refractivity contribution in [3.63, 3.8) is 0 Å². The summed E-state index contributed by atoms with van der Waals surface area (Å²) in [6.07, 6.45) is 3.05. The van der Waals surface area contributed by atoms with Gasteiger partial charge in [0, 0.05) is 30.3 Å². The minimum Gasteiger partial charge on any atom is -0.497 e. The highest BCUT2D eigenvalue weighted by Crippen LogP contribution is 2.33. The van der Waals surface area contributed by atoms with E-state index in [0.717, 1.165) is 35.4 Å². The van der Waals surface area contributed by atoms with Gasteiger partial charge in [-0.2, -0.15) is 0 Å². The molecular formula is C14H20N2O2. The molecule has 18 heavy (non-hydrogen) atoms. The molecule has 0 spiro atoms. The van der Waals surface area contributed by atoms with Crippen LogP contribution in [0.2, 0.25) is 0 Å². The fourth-order valence-corrected chi connectivity index (χ4v) is 2.09. The number of aromatic amines is 1. The SMILES string of the molecule is COc1cc(OC)c2c(CCN(C)C)c[nH]c2c1. The number of H-pyrrole nitrogens is 1. The first-order valence-corrected chi connectivity index (χ1v) is 6.02. The summed E-state index contributed by atoms with van der Waals surface area (Å²) in [5, 5.41) is 1.15. The van der Waals surface area contributed by atoms with Crippen molar-refractivity contribution in [1.82, 2.24) is 9.88 Å². The second-order valence-electron chi connectivity index (χ2n) is 4.62. The van der Waals surface area contributed by atoms with E-state index >= 15 is 0 Å². The van der Waals surface area contributed by atoms with Crippen LogP contribution >= 0.6 is 0 Å². The Morgan fingerprint density at radius 1 is 1.17 bits per heavy atom. The standard InChI is InChI=1S/C14H20N2O2/c1-16(2)6-5-10-9-15-12-7-11(17-3)8-13(18-4)14(10)12/h7-9,15H,5-6H2,1-4H3. The second kappa shape index (κ2) is 5.31. The molecule has 0 amide bonds. The number of fused-ring (bicyclic) bond motifs is 1. The van der Waals surface area contributed by atoms with Crippen molar-refractivity contribution in [2.75, 3.05) is 34.9 Å². The Labute approximate surface area is 107 Å². The summed E-state index contributed by atoms with van der Waals surface area (Å²) in [5.41, 5.74) is 2.33. The summed E-state index contributed by atoms with van der Waals surface area (Å²) in [6, 6.07) is 3.92. The van der Waals surface area contributed by atoms with Gasteiger partial charge in [-0.05, 0) is 26.1 Å². The number of hydrogen-bond acceptors (Lipinski definition) is 3. The Bertz CT molecular complexity index is 532. The number of nitrogens with one attached hydrogen (secondary N) is 1. The fraction of sp³-hybridized carbons (Fsp3) is 0.429. The molecule has 0 fully saturated rings. The first kappa shape index (κ1) is 12.8. The molecule has 0 radical (unpaired) electrons. The van der Waals surface area contributed by atoms with E-state index in [1.807, 2.05) is 12.1 Å². The average molecular weight is 248 g/mol. The summed E-state index contributed by atoms with van der Waals surface area (Å²) >= 11 is 0. The lowest BCUT2D eigenvalue weighted by Gasteiger charge is -2.10. The van der Waals surface area contributed by atoms with Gasteiger partial charge < -0.3 is 19.4 Å². The molecule has 0 saturated heterocycles. The summed E-state index contributed by atoms with van der Waals surface area (Å²) in [6.45, 7) is 1.02. The third-order valence-corrected chi connectivity index (χ3v) is 3.08. The Morgan fingerprint density at radius 3 is 2.56 bits per heavy atom. The largest absolute Gasteiger partial charge is 0.497 e. The van der Waals surface area contributed by atoms with Crippen LogP contribution in [-0.2, 0) is 6.42 Å². The van der Waals surface area contributed by atoms with Gasteiger partial charge in [-0.25, -0.2) is 0 Å². The van der Waals surface area contributed by atoms with Gasteiger partial charge in [0.05, 0.1) is 19.7 Å². The van der Waals surface area contributed by atoms with Crippen LogP contribution in [0.4, 0.5) is 0 Å². The third-order valence-electron chi connectivity index (χ3n) is 3.08. The number of aromatic nitrogens is 1. The van der Waals surface area contributed by atoms with Crippen LogP contribution < -0.4 is 9.47 Å². The zero-order valence-electron chi connectivity index (χ0n) is 11.4. The van der Waals surface area contributed by atoms with Crippen molar-refractivity contribution in [2.24, 2.45) is 0 Å². The minimum atomic E-state index is 0.806. The van der Waals surface area contributed by atoms with Crippen molar-refractivity contribution in [3.8, 4) is 11.5 Å². The molecule has 0 aliphatic carbocycles. The summed E-state index contributed by atoms with van der Waals surface area (Å²) in [7, 11) is 7.51. The lowest BCUT2D eigenvalue weighted by atomic mass is 10.1. The fourth-order valence-electron chi connectivity index (χ4n) is 2.09. The number of likely N-dealkylation sites (N-methyl/N-ethyl adjacent to an activating group) is 1. The Hall–Kier alpha value is -1.68. The van der Waals surface area contributed by atoms with Crippen molar-refractivity contribution in [3.05, 3.63) is 23.9 Å². The van der Waals surface area contributed by atoms with Crippen LogP contribution in [0.1, 0.15) is 5.56 Å². The van der Waals surface area contributed by atoms with E-state index in [1.165, 1.54) is 5.56 Å². The van der Waals surface area contributed by atoms with Gasteiger partial charge in [0.1, 0.15) is 11.5 Å². The molecule has 1 heterocycles. The maximum atomic E-state index is 5.46. The van der Waals surface area contributed by atoms with E-state index in [4.69, 9.17) is 9.47 Å². The summed E-state index contributed by atoms with van der Waals surface area (Å²) in [4.78, 5) is 5.46. The number of nitrogens with zero attached hydrogens (tertiary/aromatic N) is 1. The molecule has 0 saturated carbocycles. The maximum absolute atomic E-state index is 5.46. The predicted molar refractivity (Wildman–Crippen MR) is 73.7 cm³/mol. The van der Waals surface area contributed by atoms with E-state index in [9.17, 15) is 0 Å². The van der Waals surface area contributed by atoms with Gasteiger partial charge in [-0.3, -0.25) is 0 Å². The van der Waals surface area contributed by atoms with Crippen molar-refractivity contribution in [1.29, 1.82) is 0 Å². The Balaban J connectivity index is 2.43. The van der Waals surface area contributed by atoms with Crippen molar-refractivity contribution >= 4 is 10.9 Å². The molecule has 0 atom stereocenters. The molecule has 0 bridgehead atoms. The lowest BCUT2D eigenvalue weighted by Crippen LogP contribution is -2.14. The number of benzene rings is 1. The molecule has 0 aliphatic heterocycles. The molecular weight excluding hydrogens is 228 g/mol. The summed E-state index contributed by atoms with van der Waals surface area (Å²) in [5.74, 6) is 1.67. The van der Waals surface area contributed by atoms with Gasteiger partial charge in [-0.15, -0.1) is 0 Å². The van der Waals surface area contributed by atoms with E-state index in [0.29, 0.717) is 0 Å². The maximum Gasteiger partial charge on any atom is 0.132 e. The number of methoxy groups -OCH3 is 2. The van der Waals surface area contributed by atoms with Gasteiger partial charge in [-0.1, -0.05) is 0 Å². The van der Waals surface area contributed by atoms with E-state index < -0.39 is 0 Å². The molecule has 4 heteroatoms. The Morgan fingerprint density at radius 2 is 1.94 bits per heavy atom. The van der Waals surface area contributed by atoms with Crippen LogP contribution in [-0.4, -0.2) is 44.7 Å². The molecule has 1 aromatic carbocycles. The topological polar surface area (TPSA) is 37.5 Å². The minimum absolute atomic E-state index is 0.806. The molecule has 1 aromatic heterocycles. The van der Waals surface area contributed by atoms with E-state index in [1.54, 1.807) is 14.2 Å². The number of rotatable bonds is 5.